The van der Waals surface area contributed by atoms with Gasteiger partial charge in [0.05, 0.1) is 0 Å². The lowest BCUT2D eigenvalue weighted by atomic mass is 10.0. The van der Waals surface area contributed by atoms with Gasteiger partial charge in [-0.3, -0.25) is 0 Å². The number of hydrogen-bond donors (Lipinski definition) is 0. The summed E-state index contributed by atoms with van der Waals surface area (Å²) in [5.41, 5.74) is 4.55. The molecule has 0 saturated heterocycles. The third kappa shape index (κ3) is 2.19. The maximum absolute atomic E-state index is 6.03. The maximum atomic E-state index is 6.03. The number of rotatable bonds is 0. The Labute approximate surface area is 114 Å². The van der Waals surface area contributed by atoms with Crippen LogP contribution in [0.4, 0.5) is 0 Å². The van der Waals surface area contributed by atoms with Crippen molar-refractivity contribution in [1.29, 1.82) is 0 Å². The Morgan fingerprint density at radius 2 is 1.16 bits per heavy atom. The van der Waals surface area contributed by atoms with Gasteiger partial charge in [-0.2, -0.15) is 0 Å². The average molecular weight is 254 g/mol. The number of aryl methyl sites for hydroxylation is 2. The zero-order valence-electron chi connectivity index (χ0n) is 11.8. The van der Waals surface area contributed by atoms with Crippen LogP contribution in [0.1, 0.15) is 25.0 Å². The Morgan fingerprint density at radius 3 is 1.58 bits per heavy atom. The highest BCUT2D eigenvalue weighted by atomic mass is 16.7. The fourth-order valence-electron chi connectivity index (χ4n) is 2.42. The minimum atomic E-state index is -0.665. The van der Waals surface area contributed by atoms with Crippen LogP contribution in [-0.4, -0.2) is 5.79 Å². The van der Waals surface area contributed by atoms with Crippen LogP contribution in [0.25, 0.3) is 11.1 Å². The normalized spacial score (nSPS) is 15.6. The Hall–Kier alpha value is -1.96. The van der Waals surface area contributed by atoms with Gasteiger partial charge < -0.3 is 9.47 Å². The van der Waals surface area contributed by atoms with Crippen LogP contribution in [0.15, 0.2) is 36.4 Å². The van der Waals surface area contributed by atoms with Gasteiger partial charge in [0.2, 0.25) is 5.79 Å². The molecule has 0 N–H and O–H groups in total. The predicted octanol–water partition coefficient (Wildman–Crippen LogP) is 4.48. The second-order valence-electron chi connectivity index (χ2n) is 5.60. The van der Waals surface area contributed by atoms with Crippen molar-refractivity contribution in [3.05, 3.63) is 47.5 Å². The third-order valence-electron chi connectivity index (χ3n) is 3.28. The summed E-state index contributed by atoms with van der Waals surface area (Å²) < 4.78 is 12.1. The van der Waals surface area contributed by atoms with Crippen LogP contribution >= 0.6 is 0 Å². The molecule has 0 bridgehead atoms. The number of hydrogen-bond acceptors (Lipinski definition) is 2. The molecule has 0 unspecified atom stereocenters. The van der Waals surface area contributed by atoms with E-state index in [-0.39, 0.29) is 0 Å². The second-order valence-corrected chi connectivity index (χ2v) is 5.60. The van der Waals surface area contributed by atoms with Gasteiger partial charge in [0.25, 0.3) is 0 Å². The topological polar surface area (TPSA) is 18.5 Å². The van der Waals surface area contributed by atoms with E-state index in [0.29, 0.717) is 0 Å². The molecule has 0 spiro atoms. The summed E-state index contributed by atoms with van der Waals surface area (Å²) in [4.78, 5) is 0. The molecule has 3 rings (SSSR count). The smallest absolute Gasteiger partial charge is 0.245 e. The fraction of sp³-hybridized carbons (Fsp3) is 0.294. The first-order chi connectivity index (χ1) is 8.94. The van der Waals surface area contributed by atoms with Crippen LogP contribution < -0.4 is 9.47 Å². The van der Waals surface area contributed by atoms with E-state index in [1.54, 1.807) is 0 Å². The molecule has 0 aromatic heterocycles. The zero-order chi connectivity index (χ0) is 13.6. The van der Waals surface area contributed by atoms with E-state index in [0.717, 1.165) is 22.6 Å². The van der Waals surface area contributed by atoms with E-state index in [4.69, 9.17) is 9.47 Å². The summed E-state index contributed by atoms with van der Waals surface area (Å²) >= 11 is 0. The largest absolute Gasteiger partial charge is 0.452 e. The van der Waals surface area contributed by atoms with Crippen LogP contribution in [0, 0.1) is 13.8 Å². The quantitative estimate of drug-likeness (QED) is 0.690. The minimum Gasteiger partial charge on any atom is -0.452 e. The Bertz CT molecular complexity index is 586. The summed E-state index contributed by atoms with van der Waals surface area (Å²) in [7, 11) is 0. The van der Waals surface area contributed by atoms with Gasteiger partial charge in [-0.05, 0) is 37.1 Å². The minimum absolute atomic E-state index is 0.665. The van der Waals surface area contributed by atoms with Crippen molar-refractivity contribution in [2.75, 3.05) is 0 Å². The van der Waals surface area contributed by atoms with Gasteiger partial charge in [0, 0.05) is 25.0 Å². The molecule has 0 aliphatic carbocycles. The molecule has 0 fully saturated rings. The van der Waals surface area contributed by atoms with Crippen molar-refractivity contribution in [2.45, 2.75) is 33.5 Å². The zero-order valence-corrected chi connectivity index (χ0v) is 11.8. The Balaban J connectivity index is 2.28. The van der Waals surface area contributed by atoms with Gasteiger partial charge >= 0.3 is 0 Å². The maximum Gasteiger partial charge on any atom is 0.245 e. The van der Waals surface area contributed by atoms with Gasteiger partial charge in [-0.25, -0.2) is 0 Å². The van der Waals surface area contributed by atoms with Crippen molar-refractivity contribution in [2.24, 2.45) is 0 Å². The van der Waals surface area contributed by atoms with E-state index in [9.17, 15) is 0 Å². The van der Waals surface area contributed by atoms with E-state index in [2.05, 4.69) is 50.2 Å². The molecule has 0 atom stereocenters. The first-order valence-electron chi connectivity index (χ1n) is 6.54. The first-order valence-corrected chi connectivity index (χ1v) is 6.54. The second kappa shape index (κ2) is 4.02. The lowest BCUT2D eigenvalue weighted by Crippen LogP contribution is -2.34. The van der Waals surface area contributed by atoms with Crippen LogP contribution in [0.2, 0.25) is 0 Å². The molecule has 2 heteroatoms. The molecule has 2 aromatic rings. The summed E-state index contributed by atoms with van der Waals surface area (Å²) in [6, 6.07) is 12.5. The van der Waals surface area contributed by atoms with Crippen LogP contribution in [0.5, 0.6) is 11.5 Å². The van der Waals surface area contributed by atoms with Crippen LogP contribution in [-0.2, 0) is 0 Å². The highest BCUT2D eigenvalue weighted by Gasteiger charge is 2.29. The van der Waals surface area contributed by atoms with E-state index >= 15 is 0 Å². The predicted molar refractivity (Wildman–Crippen MR) is 76.7 cm³/mol. The summed E-state index contributed by atoms with van der Waals surface area (Å²) in [5.74, 6) is 1.10. The molecule has 19 heavy (non-hydrogen) atoms. The molecule has 1 aliphatic heterocycles. The molecule has 0 amide bonds. The van der Waals surface area contributed by atoms with Crippen molar-refractivity contribution in [1.82, 2.24) is 0 Å². The summed E-state index contributed by atoms with van der Waals surface area (Å²) in [6.07, 6.45) is 0. The molecule has 2 aromatic carbocycles. The van der Waals surface area contributed by atoms with Crippen molar-refractivity contribution >= 4 is 0 Å². The highest BCUT2D eigenvalue weighted by Crippen LogP contribution is 2.42. The Kier molecular flexibility index (Phi) is 2.56. The number of fused-ring (bicyclic) bond motifs is 3. The SMILES string of the molecule is Cc1ccc2c(c1)OC(C)(C)Oc1cc(C)ccc1-2. The van der Waals surface area contributed by atoms with Crippen molar-refractivity contribution in [3.63, 3.8) is 0 Å². The number of ether oxygens (including phenoxy) is 2. The van der Waals surface area contributed by atoms with Gasteiger partial charge in [-0.15, -0.1) is 0 Å². The molecule has 1 aliphatic rings. The molecule has 2 nitrogen and oxygen atoms in total. The first kappa shape index (κ1) is 12.1. The highest BCUT2D eigenvalue weighted by molar-refractivity contribution is 5.77. The van der Waals surface area contributed by atoms with E-state index < -0.39 is 5.79 Å². The summed E-state index contributed by atoms with van der Waals surface area (Å²) in [5, 5.41) is 0. The Morgan fingerprint density at radius 1 is 0.737 bits per heavy atom. The van der Waals surface area contributed by atoms with E-state index in [1.165, 1.54) is 11.1 Å². The lowest BCUT2D eigenvalue weighted by Gasteiger charge is -2.25. The van der Waals surface area contributed by atoms with Gasteiger partial charge in [-0.1, -0.05) is 24.3 Å². The fourth-order valence-corrected chi connectivity index (χ4v) is 2.42. The van der Waals surface area contributed by atoms with Crippen molar-refractivity contribution < 1.29 is 9.47 Å². The molecule has 1 heterocycles. The standard InChI is InChI=1S/C17H18O2/c1-11-5-7-13-14-8-6-12(2)10-16(14)19-17(3,4)18-15(13)9-11/h5-10H,1-4H3. The average Bonchev–Trinajstić information content (AvgIpc) is 2.39. The lowest BCUT2D eigenvalue weighted by molar-refractivity contribution is -0.0779. The van der Waals surface area contributed by atoms with Gasteiger partial charge in [0.1, 0.15) is 11.5 Å². The molecule has 0 radical (unpaired) electrons. The van der Waals surface area contributed by atoms with E-state index in [1.807, 2.05) is 13.8 Å². The van der Waals surface area contributed by atoms with Crippen LogP contribution in [0.3, 0.4) is 0 Å². The summed E-state index contributed by atoms with van der Waals surface area (Å²) in [6.45, 7) is 8.02. The van der Waals surface area contributed by atoms with Crippen molar-refractivity contribution in [3.8, 4) is 22.6 Å². The van der Waals surface area contributed by atoms with Gasteiger partial charge in [0.15, 0.2) is 0 Å². The molecular weight excluding hydrogens is 236 g/mol. The molecule has 98 valence electrons. The monoisotopic (exact) mass is 254 g/mol. The third-order valence-corrected chi connectivity index (χ3v) is 3.28. The number of benzene rings is 2. The molecular formula is C17H18O2. The molecule has 0 saturated carbocycles.